The summed E-state index contributed by atoms with van der Waals surface area (Å²) in [6.07, 6.45) is 4.17. The van der Waals surface area contributed by atoms with Crippen LogP contribution in [0.5, 0.6) is 0 Å². The van der Waals surface area contributed by atoms with Gasteiger partial charge in [-0.2, -0.15) is 4.98 Å². The van der Waals surface area contributed by atoms with Crippen molar-refractivity contribution in [3.63, 3.8) is 0 Å². The largest absolute Gasteiger partial charge is 0.384 e. The Labute approximate surface area is 77.6 Å². The molecule has 1 fully saturated rings. The van der Waals surface area contributed by atoms with Crippen molar-refractivity contribution in [2.45, 2.75) is 25.8 Å². The van der Waals surface area contributed by atoms with Gasteiger partial charge < -0.3 is 11.1 Å². The van der Waals surface area contributed by atoms with Crippen LogP contribution in [0.2, 0.25) is 0 Å². The van der Waals surface area contributed by atoms with Crippen LogP contribution in [0, 0.1) is 5.92 Å². The first-order valence-electron chi connectivity index (χ1n) is 4.61. The summed E-state index contributed by atoms with van der Waals surface area (Å²) in [5.41, 5.74) is 5.54. The number of rotatable bonds is 2. The zero-order chi connectivity index (χ0) is 9.26. The van der Waals surface area contributed by atoms with Gasteiger partial charge in [0.15, 0.2) is 0 Å². The third-order valence-electron chi connectivity index (χ3n) is 2.61. The summed E-state index contributed by atoms with van der Waals surface area (Å²) < 4.78 is 0. The molecule has 1 aromatic rings. The van der Waals surface area contributed by atoms with Gasteiger partial charge in [0.2, 0.25) is 5.95 Å². The van der Waals surface area contributed by atoms with Crippen molar-refractivity contribution in [1.82, 2.24) is 9.97 Å². The van der Waals surface area contributed by atoms with Crippen LogP contribution in [0.1, 0.15) is 19.8 Å². The van der Waals surface area contributed by atoms with Crippen LogP contribution in [0.15, 0.2) is 12.3 Å². The third kappa shape index (κ3) is 1.71. The number of hydrogen-bond acceptors (Lipinski definition) is 4. The summed E-state index contributed by atoms with van der Waals surface area (Å²) in [6, 6.07) is 2.22. The maximum absolute atomic E-state index is 5.54. The van der Waals surface area contributed by atoms with Crippen LogP contribution in [0.4, 0.5) is 11.8 Å². The highest BCUT2D eigenvalue weighted by atomic mass is 15.1. The van der Waals surface area contributed by atoms with Gasteiger partial charge in [0.1, 0.15) is 5.82 Å². The smallest absolute Gasteiger partial charge is 0.224 e. The zero-order valence-corrected chi connectivity index (χ0v) is 7.70. The van der Waals surface area contributed by atoms with Crippen molar-refractivity contribution < 1.29 is 0 Å². The van der Waals surface area contributed by atoms with Gasteiger partial charge in [0, 0.05) is 12.2 Å². The van der Waals surface area contributed by atoms with Gasteiger partial charge in [0.25, 0.3) is 0 Å². The van der Waals surface area contributed by atoms with Crippen LogP contribution >= 0.6 is 0 Å². The molecule has 1 aromatic heterocycles. The van der Waals surface area contributed by atoms with E-state index in [0.29, 0.717) is 17.8 Å². The molecule has 1 heterocycles. The van der Waals surface area contributed by atoms with Crippen molar-refractivity contribution >= 4 is 11.8 Å². The van der Waals surface area contributed by atoms with E-state index in [1.54, 1.807) is 12.3 Å². The molecule has 0 aromatic carbocycles. The molecule has 1 saturated carbocycles. The molecule has 0 saturated heterocycles. The minimum Gasteiger partial charge on any atom is -0.384 e. The van der Waals surface area contributed by atoms with E-state index in [0.717, 1.165) is 5.92 Å². The molecule has 0 spiro atoms. The number of nitrogens with two attached hydrogens (primary N) is 1. The Hall–Kier alpha value is -1.32. The first kappa shape index (κ1) is 8.29. The molecule has 0 bridgehead atoms. The van der Waals surface area contributed by atoms with Crippen LogP contribution in [-0.4, -0.2) is 16.0 Å². The lowest BCUT2D eigenvalue weighted by molar-refractivity contribution is 0.302. The predicted octanol–water partition coefficient (Wildman–Crippen LogP) is 1.27. The van der Waals surface area contributed by atoms with E-state index in [1.807, 2.05) is 0 Å². The molecule has 13 heavy (non-hydrogen) atoms. The lowest BCUT2D eigenvalue weighted by Crippen LogP contribution is -2.36. The monoisotopic (exact) mass is 178 g/mol. The fourth-order valence-corrected chi connectivity index (χ4v) is 1.49. The Bertz CT molecular complexity index is 299. The maximum atomic E-state index is 5.54. The van der Waals surface area contributed by atoms with Crippen molar-refractivity contribution in [2.75, 3.05) is 11.1 Å². The molecule has 1 aliphatic rings. The van der Waals surface area contributed by atoms with Gasteiger partial charge in [-0.15, -0.1) is 0 Å². The Morgan fingerprint density at radius 3 is 2.92 bits per heavy atom. The Kier molecular flexibility index (Phi) is 2.04. The van der Waals surface area contributed by atoms with Gasteiger partial charge in [-0.05, 0) is 24.8 Å². The van der Waals surface area contributed by atoms with Crippen molar-refractivity contribution in [3.8, 4) is 0 Å². The van der Waals surface area contributed by atoms with Crippen LogP contribution < -0.4 is 11.1 Å². The average Bonchev–Trinajstić information content (AvgIpc) is 2.12. The fraction of sp³-hybridized carbons (Fsp3) is 0.556. The van der Waals surface area contributed by atoms with Gasteiger partial charge in [0.05, 0.1) is 0 Å². The van der Waals surface area contributed by atoms with E-state index in [1.165, 1.54) is 12.8 Å². The number of aromatic nitrogens is 2. The van der Waals surface area contributed by atoms with Crippen molar-refractivity contribution in [2.24, 2.45) is 5.92 Å². The summed E-state index contributed by atoms with van der Waals surface area (Å²) in [6.45, 7) is 2.23. The summed E-state index contributed by atoms with van der Waals surface area (Å²) in [4.78, 5) is 8.18. The lowest BCUT2D eigenvalue weighted by atomic mass is 9.81. The molecule has 1 aliphatic carbocycles. The topological polar surface area (TPSA) is 63.8 Å². The number of nitrogen functional groups attached to an aromatic ring is 1. The standard InChI is InChI=1S/C9H14N4/c1-6-2-3-7(6)12-9-11-5-4-8(10)13-9/h4-7H,2-3H2,1H3,(H3,10,11,12,13). The first-order chi connectivity index (χ1) is 6.25. The van der Waals surface area contributed by atoms with E-state index >= 15 is 0 Å². The minimum atomic E-state index is 0.518. The lowest BCUT2D eigenvalue weighted by Gasteiger charge is -2.34. The van der Waals surface area contributed by atoms with Gasteiger partial charge in [-0.1, -0.05) is 6.92 Å². The van der Waals surface area contributed by atoms with Crippen LogP contribution in [0.25, 0.3) is 0 Å². The highest BCUT2D eigenvalue weighted by Gasteiger charge is 2.26. The van der Waals surface area contributed by atoms with Crippen molar-refractivity contribution in [1.29, 1.82) is 0 Å². The molecule has 2 atom stereocenters. The van der Waals surface area contributed by atoms with E-state index in [-0.39, 0.29) is 0 Å². The molecule has 2 unspecified atom stereocenters. The second-order valence-electron chi connectivity index (χ2n) is 3.61. The first-order valence-corrected chi connectivity index (χ1v) is 4.61. The molecule has 0 amide bonds. The van der Waals surface area contributed by atoms with Crippen molar-refractivity contribution in [3.05, 3.63) is 12.3 Å². The number of nitrogens with one attached hydrogen (secondary N) is 1. The molecule has 3 N–H and O–H groups in total. The number of nitrogens with zero attached hydrogens (tertiary/aromatic N) is 2. The van der Waals surface area contributed by atoms with E-state index in [9.17, 15) is 0 Å². The summed E-state index contributed by atoms with van der Waals surface area (Å²) in [5.74, 6) is 1.89. The zero-order valence-electron chi connectivity index (χ0n) is 7.70. The third-order valence-corrected chi connectivity index (χ3v) is 2.61. The molecule has 0 radical (unpaired) electrons. The highest BCUT2D eigenvalue weighted by Crippen LogP contribution is 2.28. The summed E-state index contributed by atoms with van der Waals surface area (Å²) in [5, 5.41) is 3.27. The fourth-order valence-electron chi connectivity index (χ4n) is 1.49. The molecular formula is C9H14N4. The van der Waals surface area contributed by atoms with Crippen LogP contribution in [0.3, 0.4) is 0 Å². The summed E-state index contributed by atoms with van der Waals surface area (Å²) >= 11 is 0. The van der Waals surface area contributed by atoms with Gasteiger partial charge in [-0.25, -0.2) is 4.98 Å². The summed E-state index contributed by atoms with van der Waals surface area (Å²) in [7, 11) is 0. The molecule has 70 valence electrons. The normalized spacial score (nSPS) is 26.5. The Morgan fingerprint density at radius 1 is 1.54 bits per heavy atom. The molecule has 4 nitrogen and oxygen atoms in total. The maximum Gasteiger partial charge on any atom is 0.224 e. The predicted molar refractivity (Wildman–Crippen MR) is 52.3 cm³/mol. The van der Waals surface area contributed by atoms with Gasteiger partial charge >= 0.3 is 0 Å². The Balaban J connectivity index is 2.01. The van der Waals surface area contributed by atoms with Crippen LogP contribution in [-0.2, 0) is 0 Å². The van der Waals surface area contributed by atoms with E-state index < -0.39 is 0 Å². The average molecular weight is 178 g/mol. The number of anilines is 2. The quantitative estimate of drug-likeness (QED) is 0.715. The second kappa shape index (κ2) is 3.20. The SMILES string of the molecule is CC1CCC1Nc1nccc(N)n1. The highest BCUT2D eigenvalue weighted by molar-refractivity contribution is 5.36. The molecule has 2 rings (SSSR count). The second-order valence-corrected chi connectivity index (χ2v) is 3.61. The molecule has 4 heteroatoms. The Morgan fingerprint density at radius 2 is 2.38 bits per heavy atom. The number of hydrogen-bond donors (Lipinski definition) is 2. The van der Waals surface area contributed by atoms with E-state index in [2.05, 4.69) is 22.2 Å². The molecular weight excluding hydrogens is 164 g/mol. The van der Waals surface area contributed by atoms with E-state index in [4.69, 9.17) is 5.73 Å². The van der Waals surface area contributed by atoms with Gasteiger partial charge in [-0.3, -0.25) is 0 Å². The molecule has 0 aliphatic heterocycles. The minimum absolute atomic E-state index is 0.518.